The van der Waals surface area contributed by atoms with Crippen LogP contribution >= 0.6 is 0 Å². The van der Waals surface area contributed by atoms with E-state index in [9.17, 15) is 14.7 Å². The van der Waals surface area contributed by atoms with Crippen LogP contribution < -0.4 is 14.8 Å². The zero-order valence-corrected chi connectivity index (χ0v) is 20.0. The molecular weight excluding hydrogens is 448 g/mol. The molecule has 3 fully saturated rings. The highest BCUT2D eigenvalue weighted by atomic mass is 16.5. The third-order valence-corrected chi connectivity index (χ3v) is 7.62. The van der Waals surface area contributed by atoms with Gasteiger partial charge < -0.3 is 24.6 Å². The van der Waals surface area contributed by atoms with Crippen LogP contribution in [0.5, 0.6) is 11.5 Å². The fourth-order valence-corrected chi connectivity index (χ4v) is 5.35. The van der Waals surface area contributed by atoms with Crippen molar-refractivity contribution < 1.29 is 28.9 Å². The van der Waals surface area contributed by atoms with Gasteiger partial charge in [-0.1, -0.05) is 18.2 Å². The number of methoxy groups -OCH3 is 1. The summed E-state index contributed by atoms with van der Waals surface area (Å²) in [7, 11) is 1.64. The van der Waals surface area contributed by atoms with Crippen molar-refractivity contribution in [3.05, 3.63) is 59.7 Å². The van der Waals surface area contributed by atoms with Crippen molar-refractivity contribution in [2.75, 3.05) is 33.4 Å². The molecule has 0 radical (unpaired) electrons. The van der Waals surface area contributed by atoms with Crippen molar-refractivity contribution in [3.63, 3.8) is 0 Å². The van der Waals surface area contributed by atoms with E-state index in [-0.39, 0.29) is 17.6 Å². The van der Waals surface area contributed by atoms with Gasteiger partial charge >= 0.3 is 5.97 Å². The number of nitrogens with zero attached hydrogens (tertiary/aromatic N) is 1. The van der Waals surface area contributed by atoms with Gasteiger partial charge in [-0.3, -0.25) is 9.69 Å². The molecule has 2 aromatic rings. The molecule has 2 saturated heterocycles. The Hall–Kier alpha value is -3.10. The summed E-state index contributed by atoms with van der Waals surface area (Å²) in [6.45, 7) is 2.55. The first-order valence-corrected chi connectivity index (χ1v) is 12.2. The molecule has 2 aromatic carbocycles. The van der Waals surface area contributed by atoms with Crippen molar-refractivity contribution in [1.29, 1.82) is 0 Å². The lowest BCUT2D eigenvalue weighted by Gasteiger charge is -2.43. The zero-order valence-electron chi connectivity index (χ0n) is 20.0. The highest BCUT2D eigenvalue weighted by molar-refractivity contribution is 5.89. The van der Waals surface area contributed by atoms with Gasteiger partial charge in [-0.2, -0.15) is 0 Å². The second kappa shape index (κ2) is 9.51. The second-order valence-corrected chi connectivity index (χ2v) is 9.72. The summed E-state index contributed by atoms with van der Waals surface area (Å²) in [4.78, 5) is 27.4. The Morgan fingerprint density at radius 1 is 1.06 bits per heavy atom. The Labute approximate surface area is 205 Å². The molecule has 2 N–H and O–H groups in total. The van der Waals surface area contributed by atoms with Crippen LogP contribution in [0.25, 0.3) is 0 Å². The number of likely N-dealkylation sites (tertiary alicyclic amines) is 1. The lowest BCUT2D eigenvalue weighted by molar-refractivity contribution is -0.141. The second-order valence-electron chi connectivity index (χ2n) is 9.72. The molecule has 5 rings (SSSR count). The Kier molecular flexibility index (Phi) is 6.42. The molecule has 1 saturated carbocycles. The molecule has 1 atom stereocenters. The molecule has 0 aromatic heterocycles. The predicted molar refractivity (Wildman–Crippen MR) is 129 cm³/mol. The fourth-order valence-electron chi connectivity index (χ4n) is 5.35. The lowest BCUT2D eigenvalue weighted by Crippen LogP contribution is -2.62. The quantitative estimate of drug-likeness (QED) is 0.599. The number of hydrogen-bond donors (Lipinski definition) is 2. The van der Waals surface area contributed by atoms with Crippen LogP contribution in [-0.2, 0) is 15.1 Å². The van der Waals surface area contributed by atoms with Gasteiger partial charge in [0.15, 0.2) is 0 Å². The smallest absolute Gasteiger partial charge is 0.335 e. The Balaban J connectivity index is 1.30. The van der Waals surface area contributed by atoms with Gasteiger partial charge in [-0.25, -0.2) is 4.79 Å². The molecule has 0 unspecified atom stereocenters. The zero-order chi connectivity index (χ0) is 24.5. The number of carbonyl (C=O) groups excluding carboxylic acids is 1. The van der Waals surface area contributed by atoms with Crippen LogP contribution in [0.4, 0.5) is 0 Å². The van der Waals surface area contributed by atoms with Crippen LogP contribution in [0.3, 0.4) is 0 Å². The van der Waals surface area contributed by atoms with E-state index in [2.05, 4.69) is 10.2 Å². The van der Waals surface area contributed by atoms with Crippen molar-refractivity contribution in [1.82, 2.24) is 10.2 Å². The molecule has 3 aliphatic rings. The predicted octanol–water partition coefficient (Wildman–Crippen LogP) is 3.20. The average molecular weight is 481 g/mol. The van der Waals surface area contributed by atoms with E-state index in [4.69, 9.17) is 14.2 Å². The number of benzene rings is 2. The van der Waals surface area contributed by atoms with E-state index in [1.807, 2.05) is 36.4 Å². The number of amides is 1. The molecule has 1 amide bonds. The highest BCUT2D eigenvalue weighted by Crippen LogP contribution is 2.46. The van der Waals surface area contributed by atoms with Gasteiger partial charge in [0, 0.05) is 32.4 Å². The topological polar surface area (TPSA) is 97.3 Å². The van der Waals surface area contributed by atoms with Crippen LogP contribution in [0.15, 0.2) is 48.5 Å². The molecular formula is C27H32N2O6. The van der Waals surface area contributed by atoms with Gasteiger partial charge in [0.05, 0.1) is 18.2 Å². The third-order valence-electron chi connectivity index (χ3n) is 7.62. The fraction of sp³-hybridized carbons (Fsp3) is 0.481. The van der Waals surface area contributed by atoms with Gasteiger partial charge in [-0.15, -0.1) is 0 Å². The van der Waals surface area contributed by atoms with Crippen molar-refractivity contribution >= 4 is 11.9 Å². The number of ether oxygens (including phenoxy) is 3. The van der Waals surface area contributed by atoms with Crippen LogP contribution in [-0.4, -0.2) is 66.9 Å². The maximum Gasteiger partial charge on any atom is 0.335 e. The first-order valence-electron chi connectivity index (χ1n) is 12.2. The summed E-state index contributed by atoms with van der Waals surface area (Å²) in [6.07, 6.45) is 3.80. The minimum Gasteiger partial charge on any atom is -0.497 e. The van der Waals surface area contributed by atoms with Crippen LogP contribution in [0.1, 0.15) is 48.0 Å². The van der Waals surface area contributed by atoms with Crippen LogP contribution in [0.2, 0.25) is 0 Å². The molecule has 35 heavy (non-hydrogen) atoms. The number of carboxylic acids is 1. The van der Waals surface area contributed by atoms with Gasteiger partial charge in [0.25, 0.3) is 0 Å². The average Bonchev–Trinajstić information content (AvgIpc) is 3.52. The normalized spacial score (nSPS) is 22.8. The summed E-state index contributed by atoms with van der Waals surface area (Å²) in [6, 6.07) is 14.5. The molecule has 8 heteroatoms. The van der Waals surface area contributed by atoms with Gasteiger partial charge in [-0.05, 0) is 61.9 Å². The monoisotopic (exact) mass is 480 g/mol. The van der Waals surface area contributed by atoms with Crippen molar-refractivity contribution in [2.24, 2.45) is 0 Å². The minimum atomic E-state index is -0.952. The lowest BCUT2D eigenvalue weighted by atomic mass is 9.86. The molecule has 0 bridgehead atoms. The van der Waals surface area contributed by atoms with E-state index in [1.165, 1.54) is 0 Å². The number of carbonyl (C=O) groups is 2. The largest absolute Gasteiger partial charge is 0.497 e. The third kappa shape index (κ3) is 4.73. The first kappa shape index (κ1) is 23.6. The summed E-state index contributed by atoms with van der Waals surface area (Å²) < 4.78 is 17.2. The van der Waals surface area contributed by atoms with E-state index in [0.29, 0.717) is 32.6 Å². The summed E-state index contributed by atoms with van der Waals surface area (Å²) >= 11 is 0. The maximum absolute atomic E-state index is 13.9. The molecule has 1 aliphatic carbocycles. The van der Waals surface area contributed by atoms with E-state index >= 15 is 0 Å². The highest BCUT2D eigenvalue weighted by Gasteiger charge is 2.53. The number of rotatable bonds is 8. The summed E-state index contributed by atoms with van der Waals surface area (Å²) in [5.41, 5.74) is 0.145. The number of hydrogen-bond acceptors (Lipinski definition) is 6. The number of aromatic carboxylic acids is 1. The van der Waals surface area contributed by atoms with E-state index < -0.39 is 17.0 Å². The van der Waals surface area contributed by atoms with Crippen LogP contribution in [0, 0.1) is 0 Å². The summed E-state index contributed by atoms with van der Waals surface area (Å²) in [5, 5.41) is 12.6. The molecule has 0 spiro atoms. The molecule has 8 nitrogen and oxygen atoms in total. The number of nitrogens with one attached hydrogen (secondary N) is 1. The first-order chi connectivity index (χ1) is 16.9. The molecule has 2 aliphatic heterocycles. The van der Waals surface area contributed by atoms with E-state index in [0.717, 1.165) is 42.9 Å². The maximum atomic E-state index is 13.9. The number of carboxylic acid groups (broad SMARTS) is 1. The Bertz CT molecular complexity index is 1080. The molecule has 186 valence electrons. The van der Waals surface area contributed by atoms with Crippen molar-refractivity contribution in [3.8, 4) is 11.5 Å². The molecule has 2 heterocycles. The minimum absolute atomic E-state index is 0.00641. The summed E-state index contributed by atoms with van der Waals surface area (Å²) in [5.74, 6) is 0.598. The van der Waals surface area contributed by atoms with Gasteiger partial charge in [0.1, 0.15) is 23.1 Å². The Morgan fingerprint density at radius 2 is 1.77 bits per heavy atom. The SMILES string of the molecule is COc1cccc(O[C@@H]2CCN(C3(C(=O)NC4(c5ccc(C(=O)O)cc5)CC4)CCOCC3)C2)c1. The van der Waals surface area contributed by atoms with Gasteiger partial charge in [0.2, 0.25) is 5.91 Å². The van der Waals surface area contributed by atoms with E-state index in [1.54, 1.807) is 19.2 Å². The Morgan fingerprint density at radius 3 is 2.43 bits per heavy atom. The van der Waals surface area contributed by atoms with Crippen molar-refractivity contribution in [2.45, 2.75) is 49.3 Å². The standard InChI is InChI=1S/C27H32N2O6/c1-33-21-3-2-4-22(17-21)35-23-9-14-29(18-23)27(12-15-34-16-13-27)25(32)28-26(10-11-26)20-7-5-19(6-8-20)24(30)31/h2-8,17,23H,9-16,18H2,1H3,(H,28,32)(H,30,31)/t23-/m1/s1.